The van der Waals surface area contributed by atoms with E-state index in [4.69, 9.17) is 0 Å². The summed E-state index contributed by atoms with van der Waals surface area (Å²) in [4.78, 5) is 20.0. The van der Waals surface area contributed by atoms with Crippen molar-refractivity contribution in [3.8, 4) is 0 Å². The van der Waals surface area contributed by atoms with E-state index in [0.717, 1.165) is 38.9 Å². The van der Waals surface area contributed by atoms with Crippen molar-refractivity contribution in [2.24, 2.45) is 0 Å². The van der Waals surface area contributed by atoms with E-state index in [1.807, 2.05) is 10.8 Å². The monoisotopic (exact) mass is 275 g/mol. The molecule has 2 aliphatic rings. The molecule has 110 valence electrons. The second kappa shape index (κ2) is 5.68. The van der Waals surface area contributed by atoms with E-state index in [9.17, 15) is 4.79 Å². The molecule has 0 atom stereocenters. The summed E-state index contributed by atoms with van der Waals surface area (Å²) in [5.74, 6) is 0.955. The molecular formula is C16H25N3O. The number of aromatic nitrogens is 2. The number of rotatable bonds is 5. The van der Waals surface area contributed by atoms with E-state index in [1.165, 1.54) is 25.7 Å². The van der Waals surface area contributed by atoms with Crippen LogP contribution in [0.3, 0.4) is 0 Å². The van der Waals surface area contributed by atoms with Crippen LogP contribution >= 0.6 is 0 Å². The maximum Gasteiger partial charge on any atom is 0.218 e. The number of ketones is 1. The van der Waals surface area contributed by atoms with E-state index < -0.39 is 0 Å². The number of likely N-dealkylation sites (tertiary alicyclic amines) is 1. The lowest BCUT2D eigenvalue weighted by molar-refractivity contribution is 0.0610. The summed E-state index contributed by atoms with van der Waals surface area (Å²) >= 11 is 0. The Hall–Kier alpha value is -1.16. The summed E-state index contributed by atoms with van der Waals surface area (Å²) in [5.41, 5.74) is -0.243. The van der Waals surface area contributed by atoms with Crippen molar-refractivity contribution >= 4 is 5.78 Å². The standard InChI is InChI=1S/C16H25N3O/c1-2-10-18-13-9-17-15(18)14(20)16(7-3-4-8-16)19-11-5-6-12-19/h9,13H,2-8,10-12H2,1H3. The van der Waals surface area contributed by atoms with Crippen LogP contribution in [0.25, 0.3) is 0 Å². The van der Waals surface area contributed by atoms with Gasteiger partial charge in [-0.2, -0.15) is 0 Å². The first-order valence-corrected chi connectivity index (χ1v) is 8.09. The Kier molecular flexibility index (Phi) is 3.92. The molecule has 20 heavy (non-hydrogen) atoms. The van der Waals surface area contributed by atoms with Crippen LogP contribution in [0.4, 0.5) is 0 Å². The minimum atomic E-state index is -0.243. The molecule has 1 saturated heterocycles. The highest BCUT2D eigenvalue weighted by Gasteiger charge is 2.48. The average Bonchev–Trinajstić information content (AvgIpc) is 3.20. The third kappa shape index (κ3) is 2.20. The number of nitrogens with zero attached hydrogens (tertiary/aromatic N) is 3. The number of hydrogen-bond donors (Lipinski definition) is 0. The second-order valence-electron chi connectivity index (χ2n) is 6.21. The molecular weight excluding hydrogens is 250 g/mol. The van der Waals surface area contributed by atoms with Crippen LogP contribution in [0.1, 0.15) is 62.5 Å². The summed E-state index contributed by atoms with van der Waals surface area (Å²) in [7, 11) is 0. The van der Waals surface area contributed by atoms with Crippen molar-refractivity contribution in [1.29, 1.82) is 0 Å². The topological polar surface area (TPSA) is 38.1 Å². The van der Waals surface area contributed by atoms with Crippen molar-refractivity contribution in [1.82, 2.24) is 14.5 Å². The van der Waals surface area contributed by atoms with Gasteiger partial charge in [0.1, 0.15) is 0 Å². The molecule has 1 aliphatic carbocycles. The zero-order chi connectivity index (χ0) is 14.0. The first-order valence-electron chi connectivity index (χ1n) is 8.09. The first-order chi connectivity index (χ1) is 9.78. The molecule has 1 saturated carbocycles. The highest BCUT2D eigenvalue weighted by atomic mass is 16.1. The fourth-order valence-electron chi connectivity index (χ4n) is 3.94. The van der Waals surface area contributed by atoms with Gasteiger partial charge in [-0.05, 0) is 45.2 Å². The van der Waals surface area contributed by atoms with Gasteiger partial charge in [-0.3, -0.25) is 9.69 Å². The number of Topliss-reactive ketones (excluding diaryl/α,β-unsaturated/α-hetero) is 1. The summed E-state index contributed by atoms with van der Waals surface area (Å²) in [5, 5.41) is 0. The SMILES string of the molecule is CCCn1ccnc1C(=O)C1(N2CCCC2)CCCC1. The van der Waals surface area contributed by atoms with Crippen molar-refractivity contribution in [3.05, 3.63) is 18.2 Å². The summed E-state index contributed by atoms with van der Waals surface area (Å²) in [6.07, 6.45) is 11.6. The smallest absolute Gasteiger partial charge is 0.218 e. The number of carbonyl (C=O) groups excluding carboxylic acids is 1. The third-order valence-corrected chi connectivity index (χ3v) is 4.95. The molecule has 0 amide bonds. The fraction of sp³-hybridized carbons (Fsp3) is 0.750. The molecule has 1 aliphatic heterocycles. The van der Waals surface area contributed by atoms with Crippen molar-refractivity contribution in [2.45, 2.75) is 64.0 Å². The number of hydrogen-bond acceptors (Lipinski definition) is 3. The van der Waals surface area contributed by atoms with Gasteiger partial charge in [0, 0.05) is 18.9 Å². The Morgan fingerprint density at radius 1 is 1.25 bits per heavy atom. The third-order valence-electron chi connectivity index (χ3n) is 4.95. The zero-order valence-corrected chi connectivity index (χ0v) is 12.5. The Bertz CT molecular complexity index is 468. The van der Waals surface area contributed by atoms with Crippen LogP contribution < -0.4 is 0 Å². The van der Waals surface area contributed by atoms with Crippen molar-refractivity contribution in [2.75, 3.05) is 13.1 Å². The summed E-state index contributed by atoms with van der Waals surface area (Å²) in [6, 6.07) is 0. The molecule has 3 rings (SSSR count). The molecule has 0 aromatic carbocycles. The highest BCUT2D eigenvalue weighted by Crippen LogP contribution is 2.39. The predicted molar refractivity (Wildman–Crippen MR) is 78.9 cm³/mol. The molecule has 0 unspecified atom stereocenters. The van der Waals surface area contributed by atoms with E-state index in [-0.39, 0.29) is 11.3 Å². The number of imidazole rings is 1. The second-order valence-corrected chi connectivity index (χ2v) is 6.21. The van der Waals surface area contributed by atoms with Gasteiger partial charge in [0.25, 0.3) is 0 Å². The summed E-state index contributed by atoms with van der Waals surface area (Å²) < 4.78 is 2.04. The van der Waals surface area contributed by atoms with Gasteiger partial charge in [0.2, 0.25) is 5.78 Å². The van der Waals surface area contributed by atoms with Crippen LogP contribution in [0.5, 0.6) is 0 Å². The van der Waals surface area contributed by atoms with Crippen LogP contribution in [-0.4, -0.2) is 38.9 Å². The predicted octanol–water partition coefficient (Wildman–Crippen LogP) is 2.88. The quantitative estimate of drug-likeness (QED) is 0.776. The maximum absolute atomic E-state index is 13.2. The van der Waals surface area contributed by atoms with Crippen LogP contribution in [0.2, 0.25) is 0 Å². The Morgan fingerprint density at radius 2 is 1.95 bits per heavy atom. The van der Waals surface area contributed by atoms with Gasteiger partial charge in [-0.15, -0.1) is 0 Å². The Balaban J connectivity index is 1.90. The van der Waals surface area contributed by atoms with Gasteiger partial charge in [-0.1, -0.05) is 19.8 Å². The van der Waals surface area contributed by atoms with E-state index >= 15 is 0 Å². The number of aryl methyl sites for hydroxylation is 1. The molecule has 2 heterocycles. The van der Waals surface area contributed by atoms with E-state index in [1.54, 1.807) is 6.20 Å². The molecule has 0 spiro atoms. The lowest BCUT2D eigenvalue weighted by Gasteiger charge is -2.37. The molecule has 4 nitrogen and oxygen atoms in total. The van der Waals surface area contributed by atoms with E-state index in [2.05, 4.69) is 16.8 Å². The van der Waals surface area contributed by atoms with Crippen molar-refractivity contribution < 1.29 is 4.79 Å². The van der Waals surface area contributed by atoms with Crippen LogP contribution in [-0.2, 0) is 6.54 Å². The minimum Gasteiger partial charge on any atom is -0.328 e. The molecule has 0 bridgehead atoms. The molecule has 2 fully saturated rings. The Morgan fingerprint density at radius 3 is 2.60 bits per heavy atom. The van der Waals surface area contributed by atoms with Gasteiger partial charge in [0.05, 0.1) is 5.54 Å². The average molecular weight is 275 g/mol. The van der Waals surface area contributed by atoms with Gasteiger partial charge >= 0.3 is 0 Å². The minimum absolute atomic E-state index is 0.243. The molecule has 0 N–H and O–H groups in total. The lowest BCUT2D eigenvalue weighted by atomic mass is 9.89. The molecule has 1 aromatic heterocycles. The van der Waals surface area contributed by atoms with Crippen LogP contribution in [0, 0.1) is 0 Å². The largest absolute Gasteiger partial charge is 0.328 e. The highest BCUT2D eigenvalue weighted by molar-refractivity contribution is 6.00. The lowest BCUT2D eigenvalue weighted by Crippen LogP contribution is -2.52. The van der Waals surface area contributed by atoms with Crippen LogP contribution in [0.15, 0.2) is 12.4 Å². The van der Waals surface area contributed by atoms with Gasteiger partial charge < -0.3 is 4.57 Å². The van der Waals surface area contributed by atoms with E-state index in [0.29, 0.717) is 5.82 Å². The fourth-order valence-corrected chi connectivity index (χ4v) is 3.94. The van der Waals surface area contributed by atoms with Gasteiger partial charge in [-0.25, -0.2) is 4.98 Å². The number of carbonyl (C=O) groups is 1. The zero-order valence-electron chi connectivity index (χ0n) is 12.5. The first kappa shape index (κ1) is 13.8. The molecule has 0 radical (unpaired) electrons. The Labute approximate surface area is 121 Å². The molecule has 1 aromatic rings. The normalized spacial score (nSPS) is 22.4. The van der Waals surface area contributed by atoms with Crippen molar-refractivity contribution in [3.63, 3.8) is 0 Å². The molecule has 4 heteroatoms. The summed E-state index contributed by atoms with van der Waals surface area (Å²) in [6.45, 7) is 5.19. The van der Waals surface area contributed by atoms with Gasteiger partial charge in [0.15, 0.2) is 5.82 Å². The maximum atomic E-state index is 13.2.